The van der Waals surface area contributed by atoms with E-state index in [9.17, 15) is 9.18 Å². The Morgan fingerprint density at radius 3 is 2.68 bits per heavy atom. The van der Waals surface area contributed by atoms with E-state index in [-0.39, 0.29) is 11.7 Å². The molecule has 5 heteroatoms. The maximum Gasteiger partial charge on any atom is 0.255 e. The standard InChI is InChI=1S/C20H18BrFN2O/c21-18-11-14(22)5-6-16(18)20(25)24-9-7-13(8-10-24)17-12-23-19-4-2-1-3-15(17)19/h1-6,11-13,23H,7-10H2. The van der Waals surface area contributed by atoms with Gasteiger partial charge < -0.3 is 9.88 Å². The maximum atomic E-state index is 13.2. The summed E-state index contributed by atoms with van der Waals surface area (Å²) in [5.41, 5.74) is 3.02. The number of H-pyrrole nitrogens is 1. The van der Waals surface area contributed by atoms with Crippen molar-refractivity contribution in [1.82, 2.24) is 9.88 Å². The third-order valence-corrected chi connectivity index (χ3v) is 5.66. The van der Waals surface area contributed by atoms with Crippen LogP contribution in [-0.2, 0) is 0 Å². The van der Waals surface area contributed by atoms with E-state index in [1.807, 2.05) is 11.0 Å². The van der Waals surface area contributed by atoms with Crippen molar-refractivity contribution in [3.63, 3.8) is 0 Å². The van der Waals surface area contributed by atoms with E-state index in [1.165, 1.54) is 23.1 Å². The Kier molecular flexibility index (Phi) is 4.34. The van der Waals surface area contributed by atoms with Crippen LogP contribution >= 0.6 is 15.9 Å². The molecular weight excluding hydrogens is 383 g/mol. The molecule has 1 saturated heterocycles. The summed E-state index contributed by atoms with van der Waals surface area (Å²) in [7, 11) is 0. The van der Waals surface area contributed by atoms with Crippen LogP contribution in [0.2, 0.25) is 0 Å². The van der Waals surface area contributed by atoms with E-state index >= 15 is 0 Å². The molecule has 3 nitrogen and oxygen atoms in total. The number of para-hydroxylation sites is 1. The number of carbonyl (C=O) groups is 1. The van der Waals surface area contributed by atoms with Gasteiger partial charge in [-0.2, -0.15) is 0 Å². The molecule has 0 saturated carbocycles. The van der Waals surface area contributed by atoms with E-state index in [2.05, 4.69) is 45.3 Å². The SMILES string of the molecule is O=C(c1ccc(F)cc1Br)N1CCC(c2c[nH]c3ccccc23)CC1. The van der Waals surface area contributed by atoms with Gasteiger partial charge in [-0.3, -0.25) is 4.79 Å². The van der Waals surface area contributed by atoms with Crippen LogP contribution in [0.3, 0.4) is 0 Å². The molecule has 1 fully saturated rings. The van der Waals surface area contributed by atoms with Crippen molar-refractivity contribution in [3.8, 4) is 0 Å². The molecule has 128 valence electrons. The second kappa shape index (κ2) is 6.64. The molecule has 25 heavy (non-hydrogen) atoms. The Balaban J connectivity index is 1.49. The van der Waals surface area contributed by atoms with Crippen molar-refractivity contribution in [1.29, 1.82) is 0 Å². The summed E-state index contributed by atoms with van der Waals surface area (Å²) in [5.74, 6) is 0.0718. The van der Waals surface area contributed by atoms with E-state index in [4.69, 9.17) is 0 Å². The normalized spacial score (nSPS) is 15.7. The quantitative estimate of drug-likeness (QED) is 0.638. The van der Waals surface area contributed by atoms with Crippen molar-refractivity contribution < 1.29 is 9.18 Å². The molecule has 0 bridgehead atoms. The van der Waals surface area contributed by atoms with Crippen LogP contribution in [-0.4, -0.2) is 28.9 Å². The summed E-state index contributed by atoms with van der Waals surface area (Å²) in [6, 6.07) is 12.5. The Hall–Kier alpha value is -2.14. The van der Waals surface area contributed by atoms with Gasteiger partial charge in [0.15, 0.2) is 0 Å². The van der Waals surface area contributed by atoms with E-state index < -0.39 is 0 Å². The number of halogens is 2. The van der Waals surface area contributed by atoms with Gasteiger partial charge in [0.25, 0.3) is 5.91 Å². The van der Waals surface area contributed by atoms with Crippen LogP contribution < -0.4 is 0 Å². The average Bonchev–Trinajstić information content (AvgIpc) is 3.05. The minimum atomic E-state index is -0.346. The van der Waals surface area contributed by atoms with Gasteiger partial charge in [0.1, 0.15) is 5.82 Å². The highest BCUT2D eigenvalue weighted by molar-refractivity contribution is 9.10. The molecule has 0 unspecified atom stereocenters. The number of aromatic amines is 1. The van der Waals surface area contributed by atoms with Crippen molar-refractivity contribution in [2.75, 3.05) is 13.1 Å². The van der Waals surface area contributed by atoms with Gasteiger partial charge in [-0.1, -0.05) is 18.2 Å². The summed E-state index contributed by atoms with van der Waals surface area (Å²) in [6.45, 7) is 1.43. The summed E-state index contributed by atoms with van der Waals surface area (Å²) in [4.78, 5) is 17.9. The van der Waals surface area contributed by atoms with Crippen molar-refractivity contribution in [2.24, 2.45) is 0 Å². The summed E-state index contributed by atoms with van der Waals surface area (Å²) < 4.78 is 13.7. The van der Waals surface area contributed by atoms with Crippen LogP contribution in [0.25, 0.3) is 10.9 Å². The molecule has 2 aromatic carbocycles. The van der Waals surface area contributed by atoms with Crippen LogP contribution in [0.5, 0.6) is 0 Å². The first kappa shape index (κ1) is 16.3. The summed E-state index contributed by atoms with van der Waals surface area (Å²) in [5, 5.41) is 1.27. The van der Waals surface area contributed by atoms with Crippen molar-refractivity contribution in [2.45, 2.75) is 18.8 Å². The number of nitrogens with one attached hydrogen (secondary N) is 1. The fourth-order valence-electron chi connectivity index (χ4n) is 3.66. The number of aromatic nitrogens is 1. The van der Waals surface area contributed by atoms with E-state index in [0.717, 1.165) is 18.4 Å². The summed E-state index contributed by atoms with van der Waals surface area (Å²) >= 11 is 3.29. The number of hydrogen-bond acceptors (Lipinski definition) is 1. The number of hydrogen-bond donors (Lipinski definition) is 1. The molecule has 3 aromatic rings. The maximum absolute atomic E-state index is 13.2. The molecule has 2 heterocycles. The zero-order chi connectivity index (χ0) is 17.4. The molecule has 1 aliphatic rings. The lowest BCUT2D eigenvalue weighted by atomic mass is 9.89. The van der Waals surface area contributed by atoms with Gasteiger partial charge in [0.05, 0.1) is 5.56 Å². The molecule has 0 atom stereocenters. The highest BCUT2D eigenvalue weighted by Crippen LogP contribution is 2.33. The number of fused-ring (bicyclic) bond motifs is 1. The van der Waals surface area contributed by atoms with E-state index in [0.29, 0.717) is 29.0 Å². The first-order valence-electron chi connectivity index (χ1n) is 8.44. The second-order valence-corrected chi connectivity index (χ2v) is 7.33. The molecule has 1 amide bonds. The molecule has 0 aliphatic carbocycles. The van der Waals surface area contributed by atoms with Crippen LogP contribution in [0, 0.1) is 5.82 Å². The van der Waals surface area contributed by atoms with Crippen molar-refractivity contribution in [3.05, 3.63) is 70.1 Å². The Morgan fingerprint density at radius 1 is 1.16 bits per heavy atom. The predicted octanol–water partition coefficient (Wildman–Crippen LogP) is 5.09. The average molecular weight is 401 g/mol. The predicted molar refractivity (Wildman–Crippen MR) is 100 cm³/mol. The third kappa shape index (κ3) is 3.09. The van der Waals surface area contributed by atoms with Gasteiger partial charge in [0, 0.05) is 34.7 Å². The van der Waals surface area contributed by atoms with Gasteiger partial charge in [-0.15, -0.1) is 0 Å². The van der Waals surface area contributed by atoms with Crippen LogP contribution in [0.4, 0.5) is 4.39 Å². The molecule has 0 radical (unpaired) electrons. The van der Waals surface area contributed by atoms with Gasteiger partial charge >= 0.3 is 0 Å². The number of piperidine rings is 1. The largest absolute Gasteiger partial charge is 0.361 e. The van der Waals surface area contributed by atoms with E-state index in [1.54, 1.807) is 6.07 Å². The van der Waals surface area contributed by atoms with Crippen molar-refractivity contribution >= 4 is 32.7 Å². The minimum Gasteiger partial charge on any atom is -0.361 e. The number of benzene rings is 2. The Bertz CT molecular complexity index is 928. The highest BCUT2D eigenvalue weighted by atomic mass is 79.9. The third-order valence-electron chi connectivity index (χ3n) is 5.00. The number of likely N-dealkylation sites (tertiary alicyclic amines) is 1. The molecular formula is C20H18BrFN2O. The fraction of sp³-hybridized carbons (Fsp3) is 0.250. The number of rotatable bonds is 2. The lowest BCUT2D eigenvalue weighted by molar-refractivity contribution is 0.0712. The molecule has 4 rings (SSSR count). The zero-order valence-corrected chi connectivity index (χ0v) is 15.2. The van der Waals surface area contributed by atoms with Gasteiger partial charge in [-0.25, -0.2) is 4.39 Å². The number of nitrogens with zero attached hydrogens (tertiary/aromatic N) is 1. The lowest BCUT2D eigenvalue weighted by Gasteiger charge is -2.32. The first-order valence-corrected chi connectivity index (χ1v) is 9.23. The highest BCUT2D eigenvalue weighted by Gasteiger charge is 2.26. The monoisotopic (exact) mass is 400 g/mol. The topological polar surface area (TPSA) is 36.1 Å². The number of amides is 1. The minimum absolute atomic E-state index is 0.0377. The number of carbonyl (C=O) groups excluding carboxylic acids is 1. The fourth-order valence-corrected chi connectivity index (χ4v) is 4.18. The smallest absolute Gasteiger partial charge is 0.255 e. The zero-order valence-electron chi connectivity index (χ0n) is 13.6. The molecule has 1 aromatic heterocycles. The Labute approximate surface area is 154 Å². The lowest BCUT2D eigenvalue weighted by Crippen LogP contribution is -2.38. The van der Waals surface area contributed by atoms with Gasteiger partial charge in [0.2, 0.25) is 0 Å². The van der Waals surface area contributed by atoms with Gasteiger partial charge in [-0.05, 0) is 64.5 Å². The van der Waals surface area contributed by atoms with Crippen LogP contribution in [0.15, 0.2) is 53.1 Å². The summed E-state index contributed by atoms with van der Waals surface area (Å²) in [6.07, 6.45) is 3.97. The second-order valence-electron chi connectivity index (χ2n) is 6.48. The molecule has 0 spiro atoms. The van der Waals surface area contributed by atoms with Crippen LogP contribution in [0.1, 0.15) is 34.7 Å². The molecule has 1 aliphatic heterocycles. The first-order chi connectivity index (χ1) is 12.1. The Morgan fingerprint density at radius 2 is 1.92 bits per heavy atom. The molecule has 1 N–H and O–H groups in total.